The smallest absolute Gasteiger partial charge is 0.254 e. The summed E-state index contributed by atoms with van der Waals surface area (Å²) in [5, 5.41) is 12.3. The van der Waals surface area contributed by atoms with Gasteiger partial charge in [-0.2, -0.15) is 0 Å². The minimum atomic E-state index is -0.598. The Labute approximate surface area is 182 Å². The molecule has 4 heteroatoms. The summed E-state index contributed by atoms with van der Waals surface area (Å²) < 4.78 is 0. The SMILES string of the molecule is CN(CCC(O)c1ccccc1)C(=O)c1cccc2c(-c3cccc(N)c3)cccc12. The van der Waals surface area contributed by atoms with E-state index in [1.165, 1.54) is 0 Å². The Morgan fingerprint density at radius 3 is 2.39 bits per heavy atom. The van der Waals surface area contributed by atoms with Crippen LogP contribution in [-0.2, 0) is 0 Å². The molecule has 0 aliphatic carbocycles. The lowest BCUT2D eigenvalue weighted by molar-refractivity contribution is 0.0763. The number of benzene rings is 4. The molecule has 0 radical (unpaired) electrons. The van der Waals surface area contributed by atoms with Gasteiger partial charge < -0.3 is 15.7 Å². The van der Waals surface area contributed by atoms with E-state index in [4.69, 9.17) is 5.73 Å². The highest BCUT2D eigenvalue weighted by molar-refractivity contribution is 6.10. The van der Waals surface area contributed by atoms with Gasteiger partial charge in [-0.15, -0.1) is 0 Å². The predicted octanol–water partition coefficient (Wildman–Crippen LogP) is 5.28. The number of aliphatic hydroxyl groups excluding tert-OH is 1. The van der Waals surface area contributed by atoms with Crippen LogP contribution in [0.25, 0.3) is 21.9 Å². The largest absolute Gasteiger partial charge is 0.399 e. The van der Waals surface area contributed by atoms with Crippen LogP contribution in [0.5, 0.6) is 0 Å². The maximum atomic E-state index is 13.2. The Morgan fingerprint density at radius 2 is 1.61 bits per heavy atom. The zero-order chi connectivity index (χ0) is 21.8. The summed E-state index contributed by atoms with van der Waals surface area (Å²) in [6.07, 6.45) is -0.120. The molecule has 4 aromatic carbocycles. The molecule has 0 aliphatic heterocycles. The third-order valence-electron chi connectivity index (χ3n) is 5.62. The van der Waals surface area contributed by atoms with Crippen LogP contribution in [0.4, 0.5) is 5.69 Å². The fourth-order valence-corrected chi connectivity index (χ4v) is 3.92. The van der Waals surface area contributed by atoms with E-state index >= 15 is 0 Å². The molecule has 0 spiro atoms. The number of nitrogens with two attached hydrogens (primary N) is 1. The number of hydrogen-bond acceptors (Lipinski definition) is 3. The Morgan fingerprint density at radius 1 is 0.903 bits per heavy atom. The lowest BCUT2D eigenvalue weighted by Crippen LogP contribution is -2.28. The van der Waals surface area contributed by atoms with Crippen molar-refractivity contribution < 1.29 is 9.90 Å². The number of carbonyl (C=O) groups is 1. The van der Waals surface area contributed by atoms with Crippen LogP contribution in [0.3, 0.4) is 0 Å². The second kappa shape index (κ2) is 9.02. The van der Waals surface area contributed by atoms with Crippen molar-refractivity contribution in [1.82, 2.24) is 4.90 Å². The molecule has 1 amide bonds. The lowest BCUT2D eigenvalue weighted by atomic mass is 9.95. The van der Waals surface area contributed by atoms with Crippen LogP contribution < -0.4 is 5.73 Å². The van der Waals surface area contributed by atoms with Gasteiger partial charge in [0, 0.05) is 24.8 Å². The van der Waals surface area contributed by atoms with E-state index in [1.807, 2.05) is 91.0 Å². The number of rotatable bonds is 6. The van der Waals surface area contributed by atoms with E-state index in [1.54, 1.807) is 11.9 Å². The second-order valence-electron chi connectivity index (χ2n) is 7.77. The van der Waals surface area contributed by atoms with Gasteiger partial charge in [0.15, 0.2) is 0 Å². The first-order valence-corrected chi connectivity index (χ1v) is 10.4. The molecule has 1 unspecified atom stereocenters. The summed E-state index contributed by atoms with van der Waals surface area (Å²) in [7, 11) is 1.78. The quantitative estimate of drug-likeness (QED) is 0.425. The summed E-state index contributed by atoms with van der Waals surface area (Å²) in [4.78, 5) is 14.9. The van der Waals surface area contributed by atoms with Crippen LogP contribution >= 0.6 is 0 Å². The number of nitrogen functional groups attached to an aromatic ring is 1. The van der Waals surface area contributed by atoms with Crippen molar-refractivity contribution in [1.29, 1.82) is 0 Å². The summed E-state index contributed by atoms with van der Waals surface area (Å²) in [5.74, 6) is -0.0596. The van der Waals surface area contributed by atoms with Gasteiger partial charge in [-0.25, -0.2) is 0 Å². The predicted molar refractivity (Wildman–Crippen MR) is 127 cm³/mol. The number of nitrogens with zero attached hydrogens (tertiary/aromatic N) is 1. The Hall–Kier alpha value is -3.63. The second-order valence-corrected chi connectivity index (χ2v) is 7.77. The molecule has 0 saturated heterocycles. The molecule has 0 aromatic heterocycles. The monoisotopic (exact) mass is 410 g/mol. The van der Waals surface area contributed by atoms with Gasteiger partial charge in [0.05, 0.1) is 6.10 Å². The molecule has 156 valence electrons. The Kier molecular flexibility index (Phi) is 6.01. The molecule has 0 fully saturated rings. The molecular weight excluding hydrogens is 384 g/mol. The minimum absolute atomic E-state index is 0.0596. The third kappa shape index (κ3) is 4.44. The average Bonchev–Trinajstić information content (AvgIpc) is 2.81. The first kappa shape index (κ1) is 20.6. The van der Waals surface area contributed by atoms with Crippen molar-refractivity contribution in [2.45, 2.75) is 12.5 Å². The molecule has 3 N–H and O–H groups in total. The van der Waals surface area contributed by atoms with Gasteiger partial charge in [0.2, 0.25) is 0 Å². The molecule has 4 aromatic rings. The van der Waals surface area contributed by atoms with Crippen molar-refractivity contribution in [2.24, 2.45) is 0 Å². The van der Waals surface area contributed by atoms with Crippen molar-refractivity contribution in [3.8, 4) is 11.1 Å². The van der Waals surface area contributed by atoms with E-state index in [-0.39, 0.29) is 5.91 Å². The molecule has 0 bridgehead atoms. The molecular formula is C27H26N2O2. The van der Waals surface area contributed by atoms with Crippen LogP contribution in [0.1, 0.15) is 28.4 Å². The van der Waals surface area contributed by atoms with Crippen LogP contribution in [0, 0.1) is 0 Å². The molecule has 1 atom stereocenters. The van der Waals surface area contributed by atoms with Crippen LogP contribution in [0.15, 0.2) is 91.0 Å². The van der Waals surface area contributed by atoms with Gasteiger partial charge >= 0.3 is 0 Å². The number of anilines is 1. The number of hydrogen-bond donors (Lipinski definition) is 2. The maximum absolute atomic E-state index is 13.2. The van der Waals surface area contributed by atoms with Crippen LogP contribution in [0.2, 0.25) is 0 Å². The highest BCUT2D eigenvalue weighted by Gasteiger charge is 2.17. The Bertz CT molecular complexity index is 1200. The van der Waals surface area contributed by atoms with E-state index in [2.05, 4.69) is 0 Å². The average molecular weight is 411 g/mol. The number of fused-ring (bicyclic) bond motifs is 1. The zero-order valence-corrected chi connectivity index (χ0v) is 17.5. The minimum Gasteiger partial charge on any atom is -0.399 e. The number of amides is 1. The molecule has 0 aliphatic rings. The number of carbonyl (C=O) groups excluding carboxylic acids is 1. The normalized spacial score (nSPS) is 11.9. The molecule has 0 saturated carbocycles. The van der Waals surface area contributed by atoms with Gasteiger partial charge in [0.1, 0.15) is 0 Å². The fraction of sp³-hybridized carbons (Fsp3) is 0.148. The lowest BCUT2D eigenvalue weighted by Gasteiger charge is -2.21. The summed E-state index contributed by atoms with van der Waals surface area (Å²) in [6, 6.07) is 29.1. The van der Waals surface area contributed by atoms with Crippen molar-refractivity contribution in [3.05, 3.63) is 102 Å². The van der Waals surface area contributed by atoms with Gasteiger partial charge in [-0.1, -0.05) is 72.8 Å². The highest BCUT2D eigenvalue weighted by Crippen LogP contribution is 2.31. The van der Waals surface area contributed by atoms with Gasteiger partial charge in [-0.05, 0) is 52.1 Å². The molecule has 4 nitrogen and oxygen atoms in total. The molecule has 0 heterocycles. The van der Waals surface area contributed by atoms with Gasteiger partial charge in [0.25, 0.3) is 5.91 Å². The molecule has 4 rings (SSSR count). The van der Waals surface area contributed by atoms with Crippen molar-refractivity contribution >= 4 is 22.4 Å². The summed E-state index contributed by atoms with van der Waals surface area (Å²) in [6.45, 7) is 0.459. The Balaban J connectivity index is 1.59. The molecule has 31 heavy (non-hydrogen) atoms. The van der Waals surface area contributed by atoms with Gasteiger partial charge in [-0.3, -0.25) is 4.79 Å². The first-order valence-electron chi connectivity index (χ1n) is 10.4. The topological polar surface area (TPSA) is 66.6 Å². The number of aliphatic hydroxyl groups is 1. The van der Waals surface area contributed by atoms with Crippen LogP contribution in [-0.4, -0.2) is 29.5 Å². The van der Waals surface area contributed by atoms with E-state index in [0.29, 0.717) is 24.2 Å². The standard InChI is InChI=1S/C27H26N2O2/c1-29(17-16-26(30)19-8-3-2-4-9-19)27(31)25-15-7-13-23-22(12-6-14-24(23)25)20-10-5-11-21(28)18-20/h2-15,18,26,30H,16-17,28H2,1H3. The third-order valence-corrected chi connectivity index (χ3v) is 5.62. The van der Waals surface area contributed by atoms with Crippen molar-refractivity contribution in [2.75, 3.05) is 19.3 Å². The fourth-order valence-electron chi connectivity index (χ4n) is 3.92. The van der Waals surface area contributed by atoms with E-state index < -0.39 is 6.10 Å². The van der Waals surface area contributed by atoms with E-state index in [0.717, 1.165) is 27.5 Å². The highest BCUT2D eigenvalue weighted by atomic mass is 16.3. The first-order chi connectivity index (χ1) is 15.0. The maximum Gasteiger partial charge on any atom is 0.254 e. The van der Waals surface area contributed by atoms with E-state index in [9.17, 15) is 9.90 Å². The van der Waals surface area contributed by atoms with Crippen molar-refractivity contribution in [3.63, 3.8) is 0 Å². The summed E-state index contributed by atoms with van der Waals surface area (Å²) in [5.41, 5.74) is 10.3. The summed E-state index contributed by atoms with van der Waals surface area (Å²) >= 11 is 0. The zero-order valence-electron chi connectivity index (χ0n) is 17.5.